The fourth-order valence-corrected chi connectivity index (χ4v) is 6.31. The maximum Gasteiger partial charge on any atom is 0.243 e. The van der Waals surface area contributed by atoms with E-state index in [1.807, 2.05) is 48.5 Å². The van der Waals surface area contributed by atoms with Crippen LogP contribution in [0.5, 0.6) is 0 Å². The SMILES string of the molecule is Cc1ccccc1CSCC(=O)N(Cc1ccc(Cl)cc1Cl)[C@H](Cc1ccccc1)C(=O)NC1CCCC1. The van der Waals surface area contributed by atoms with E-state index >= 15 is 0 Å². The number of aryl methyl sites for hydroxylation is 1. The van der Waals surface area contributed by atoms with Gasteiger partial charge in [0.25, 0.3) is 0 Å². The minimum atomic E-state index is -0.656. The Labute approximate surface area is 240 Å². The molecule has 0 radical (unpaired) electrons. The molecule has 4 rings (SSSR count). The van der Waals surface area contributed by atoms with Crippen molar-refractivity contribution in [3.63, 3.8) is 0 Å². The second-order valence-electron chi connectivity index (χ2n) is 9.87. The Hall–Kier alpha value is -2.47. The van der Waals surface area contributed by atoms with Crippen LogP contribution in [0.2, 0.25) is 10.0 Å². The molecule has 7 heteroatoms. The largest absolute Gasteiger partial charge is 0.352 e. The summed E-state index contributed by atoms with van der Waals surface area (Å²) >= 11 is 14.2. The van der Waals surface area contributed by atoms with E-state index in [1.165, 1.54) is 11.1 Å². The number of nitrogens with one attached hydrogen (secondary N) is 1. The van der Waals surface area contributed by atoms with Crippen LogP contribution in [0.3, 0.4) is 0 Å². The Morgan fingerprint density at radius 3 is 2.39 bits per heavy atom. The number of amides is 2. The molecule has 1 aliphatic rings. The van der Waals surface area contributed by atoms with E-state index in [0.717, 1.165) is 42.6 Å². The molecule has 1 fully saturated rings. The van der Waals surface area contributed by atoms with Crippen molar-refractivity contribution in [2.45, 2.75) is 63.4 Å². The molecule has 1 atom stereocenters. The van der Waals surface area contributed by atoms with Crippen LogP contribution in [0.15, 0.2) is 72.8 Å². The van der Waals surface area contributed by atoms with Crippen LogP contribution in [0.1, 0.15) is 47.9 Å². The number of hydrogen-bond donors (Lipinski definition) is 1. The van der Waals surface area contributed by atoms with Gasteiger partial charge in [-0.3, -0.25) is 9.59 Å². The minimum Gasteiger partial charge on any atom is -0.352 e. The standard InChI is InChI=1S/C31H34Cl2N2O2S/c1-22-9-5-6-12-25(22)20-38-21-30(36)35(19-24-15-16-26(32)18-28(24)33)29(17-23-10-3-2-4-11-23)31(37)34-27-13-7-8-14-27/h2-6,9-12,15-16,18,27,29H,7-8,13-14,17,19-21H2,1H3,(H,34,37)/t29-/m1/s1. The summed E-state index contributed by atoms with van der Waals surface area (Å²) < 4.78 is 0. The molecule has 1 saturated carbocycles. The van der Waals surface area contributed by atoms with Crippen molar-refractivity contribution >= 4 is 46.8 Å². The first-order valence-corrected chi connectivity index (χ1v) is 15.0. The van der Waals surface area contributed by atoms with Gasteiger partial charge in [-0.15, -0.1) is 11.8 Å². The Balaban J connectivity index is 1.59. The second-order valence-corrected chi connectivity index (χ2v) is 11.7. The summed E-state index contributed by atoms with van der Waals surface area (Å²) in [4.78, 5) is 29.3. The molecule has 0 aromatic heterocycles. The van der Waals surface area contributed by atoms with Crippen LogP contribution in [0, 0.1) is 6.92 Å². The number of benzene rings is 3. The van der Waals surface area contributed by atoms with Crippen LogP contribution in [0.4, 0.5) is 0 Å². The normalized spacial score (nSPS) is 14.3. The number of hydrogen-bond acceptors (Lipinski definition) is 3. The number of nitrogens with zero attached hydrogens (tertiary/aromatic N) is 1. The zero-order valence-corrected chi connectivity index (χ0v) is 24.0. The molecule has 1 aliphatic carbocycles. The Morgan fingerprint density at radius 1 is 0.974 bits per heavy atom. The van der Waals surface area contributed by atoms with Crippen molar-refractivity contribution in [1.82, 2.24) is 10.2 Å². The number of carbonyl (C=O) groups is 2. The summed E-state index contributed by atoms with van der Waals surface area (Å²) in [6, 6.07) is 22.9. The lowest BCUT2D eigenvalue weighted by atomic mass is 10.0. The van der Waals surface area contributed by atoms with Gasteiger partial charge in [0.1, 0.15) is 6.04 Å². The Bertz CT molecular complexity index is 1230. The van der Waals surface area contributed by atoms with Gasteiger partial charge < -0.3 is 10.2 Å². The fraction of sp³-hybridized carbons (Fsp3) is 0.355. The first-order chi connectivity index (χ1) is 18.4. The Kier molecular flexibility index (Phi) is 10.6. The quantitative estimate of drug-likeness (QED) is 0.265. The predicted molar refractivity (Wildman–Crippen MR) is 159 cm³/mol. The van der Waals surface area contributed by atoms with Crippen molar-refractivity contribution in [3.05, 3.63) is 105 Å². The van der Waals surface area contributed by atoms with Crippen LogP contribution >= 0.6 is 35.0 Å². The lowest BCUT2D eigenvalue weighted by Crippen LogP contribution is -2.52. The molecular weight excluding hydrogens is 535 g/mol. The zero-order valence-electron chi connectivity index (χ0n) is 21.7. The first kappa shape index (κ1) is 28.5. The third-order valence-corrected chi connectivity index (χ3v) is 8.63. The molecule has 4 nitrogen and oxygen atoms in total. The summed E-state index contributed by atoms with van der Waals surface area (Å²) in [5.41, 5.74) is 4.18. The summed E-state index contributed by atoms with van der Waals surface area (Å²) in [6.45, 7) is 2.31. The molecule has 200 valence electrons. The van der Waals surface area contributed by atoms with Crippen molar-refractivity contribution in [1.29, 1.82) is 0 Å². The molecule has 2 amide bonds. The third-order valence-electron chi connectivity index (χ3n) is 7.07. The summed E-state index contributed by atoms with van der Waals surface area (Å²) in [7, 11) is 0. The molecule has 0 aliphatic heterocycles. The van der Waals surface area contributed by atoms with Gasteiger partial charge in [-0.25, -0.2) is 0 Å². The molecule has 3 aromatic carbocycles. The Morgan fingerprint density at radius 2 is 1.68 bits per heavy atom. The van der Waals surface area contributed by atoms with Gasteiger partial charge in [0, 0.05) is 34.8 Å². The highest BCUT2D eigenvalue weighted by Gasteiger charge is 2.32. The van der Waals surface area contributed by atoms with Crippen molar-refractivity contribution in [3.8, 4) is 0 Å². The number of halogens is 2. The molecule has 1 N–H and O–H groups in total. The second kappa shape index (κ2) is 14.1. The monoisotopic (exact) mass is 568 g/mol. The maximum atomic E-state index is 13.8. The van der Waals surface area contributed by atoms with Crippen LogP contribution < -0.4 is 5.32 Å². The van der Waals surface area contributed by atoms with Crippen molar-refractivity contribution in [2.75, 3.05) is 5.75 Å². The van der Waals surface area contributed by atoms with E-state index in [1.54, 1.807) is 28.8 Å². The van der Waals surface area contributed by atoms with Gasteiger partial charge in [-0.1, -0.05) is 96.7 Å². The highest BCUT2D eigenvalue weighted by molar-refractivity contribution is 7.99. The third kappa shape index (κ3) is 8.02. The zero-order chi connectivity index (χ0) is 26.9. The van der Waals surface area contributed by atoms with Crippen LogP contribution in [-0.4, -0.2) is 34.6 Å². The fourth-order valence-electron chi connectivity index (χ4n) is 4.86. The van der Waals surface area contributed by atoms with E-state index in [0.29, 0.717) is 16.5 Å². The topological polar surface area (TPSA) is 49.4 Å². The van der Waals surface area contributed by atoms with Gasteiger partial charge in [0.2, 0.25) is 11.8 Å². The summed E-state index contributed by atoms with van der Waals surface area (Å²) in [5.74, 6) is 0.799. The summed E-state index contributed by atoms with van der Waals surface area (Å²) in [6.07, 6.45) is 4.62. The average Bonchev–Trinajstić information content (AvgIpc) is 3.42. The van der Waals surface area contributed by atoms with Gasteiger partial charge >= 0.3 is 0 Å². The van der Waals surface area contributed by atoms with Crippen molar-refractivity contribution in [2.24, 2.45) is 0 Å². The number of carbonyl (C=O) groups excluding carboxylic acids is 2. The van der Waals surface area contributed by atoms with E-state index < -0.39 is 6.04 Å². The van der Waals surface area contributed by atoms with E-state index in [4.69, 9.17) is 23.2 Å². The lowest BCUT2D eigenvalue weighted by Gasteiger charge is -2.32. The average molecular weight is 570 g/mol. The van der Waals surface area contributed by atoms with E-state index in [2.05, 4.69) is 24.4 Å². The molecule has 0 bridgehead atoms. The smallest absolute Gasteiger partial charge is 0.243 e. The highest BCUT2D eigenvalue weighted by atomic mass is 35.5. The van der Waals surface area contributed by atoms with Gasteiger partial charge in [-0.05, 0) is 54.2 Å². The van der Waals surface area contributed by atoms with E-state index in [-0.39, 0.29) is 30.2 Å². The molecule has 0 spiro atoms. The van der Waals surface area contributed by atoms with Gasteiger partial charge in [0.15, 0.2) is 0 Å². The maximum absolute atomic E-state index is 13.8. The molecule has 0 heterocycles. The number of rotatable bonds is 11. The molecule has 0 saturated heterocycles. The lowest BCUT2D eigenvalue weighted by molar-refractivity contribution is -0.139. The minimum absolute atomic E-state index is 0.0860. The first-order valence-electron chi connectivity index (χ1n) is 13.1. The molecule has 0 unspecified atom stereocenters. The van der Waals surface area contributed by atoms with Gasteiger partial charge in [-0.2, -0.15) is 0 Å². The predicted octanol–water partition coefficient (Wildman–Crippen LogP) is 7.23. The van der Waals surface area contributed by atoms with Crippen LogP contribution in [0.25, 0.3) is 0 Å². The van der Waals surface area contributed by atoms with E-state index in [9.17, 15) is 9.59 Å². The van der Waals surface area contributed by atoms with Gasteiger partial charge in [0.05, 0.1) is 5.75 Å². The van der Waals surface area contributed by atoms with Crippen molar-refractivity contribution < 1.29 is 9.59 Å². The molecule has 3 aromatic rings. The number of thioether (sulfide) groups is 1. The summed E-state index contributed by atoms with van der Waals surface area (Å²) in [5, 5.41) is 4.26. The van der Waals surface area contributed by atoms with Crippen LogP contribution in [-0.2, 0) is 28.3 Å². The molecular formula is C31H34Cl2N2O2S. The highest BCUT2D eigenvalue weighted by Crippen LogP contribution is 2.26. The molecule has 38 heavy (non-hydrogen) atoms.